The Bertz CT molecular complexity index is 260. The highest BCUT2D eigenvalue weighted by Gasteiger charge is 2.23. The van der Waals surface area contributed by atoms with Crippen LogP contribution in [0.1, 0.15) is 30.5 Å². The molecule has 0 amide bonds. The highest BCUT2D eigenvalue weighted by atomic mass is 16.2. The van der Waals surface area contributed by atoms with Crippen LogP contribution >= 0.6 is 0 Å². The summed E-state index contributed by atoms with van der Waals surface area (Å²) >= 11 is 0. The van der Waals surface area contributed by atoms with Gasteiger partial charge in [0, 0.05) is 18.3 Å². The predicted octanol–water partition coefficient (Wildman–Crippen LogP) is 1.51. The minimum atomic E-state index is 0.157. The van der Waals surface area contributed by atoms with Crippen molar-refractivity contribution in [3.63, 3.8) is 0 Å². The molecule has 0 N–H and O–H groups in total. The molecule has 1 aromatic rings. The Morgan fingerprint density at radius 2 is 2.25 bits per heavy atom. The van der Waals surface area contributed by atoms with Crippen LogP contribution in [0.5, 0.6) is 0 Å². The van der Waals surface area contributed by atoms with Crippen LogP contribution in [0.3, 0.4) is 0 Å². The van der Waals surface area contributed by atoms with E-state index in [1.54, 1.807) is 12.4 Å². The first-order chi connectivity index (χ1) is 5.88. The first kappa shape index (κ1) is 7.53. The standard InChI is InChI=1S/C9H11N2O/c12-9(8-3-1-2-4-8)11-6-5-10-7-11/h5-6,8H,1-4H2. The number of nitrogens with zero attached hydrogens (tertiary/aromatic N) is 2. The molecule has 0 unspecified atom stereocenters. The van der Waals surface area contributed by atoms with E-state index in [0.717, 1.165) is 12.8 Å². The fourth-order valence-corrected chi connectivity index (χ4v) is 1.72. The third kappa shape index (κ3) is 1.26. The molecule has 1 aromatic heterocycles. The molecule has 12 heavy (non-hydrogen) atoms. The van der Waals surface area contributed by atoms with E-state index in [2.05, 4.69) is 11.3 Å². The summed E-state index contributed by atoms with van der Waals surface area (Å²) in [7, 11) is 0. The minimum absolute atomic E-state index is 0.157. The molecule has 0 aromatic carbocycles. The number of aromatic nitrogens is 2. The van der Waals surface area contributed by atoms with Crippen LogP contribution < -0.4 is 0 Å². The summed E-state index contributed by atoms with van der Waals surface area (Å²) in [4.78, 5) is 15.3. The summed E-state index contributed by atoms with van der Waals surface area (Å²) in [5, 5.41) is 0. The number of imidazole rings is 1. The molecule has 63 valence electrons. The van der Waals surface area contributed by atoms with Gasteiger partial charge in [0.15, 0.2) is 6.33 Å². The molecule has 0 spiro atoms. The van der Waals surface area contributed by atoms with Crippen molar-refractivity contribution in [2.75, 3.05) is 0 Å². The van der Waals surface area contributed by atoms with Gasteiger partial charge < -0.3 is 0 Å². The van der Waals surface area contributed by atoms with Crippen molar-refractivity contribution in [3.8, 4) is 0 Å². The molecule has 3 heteroatoms. The smallest absolute Gasteiger partial charge is 0.235 e. The minimum Gasteiger partial charge on any atom is -0.274 e. The second-order valence-electron chi connectivity index (χ2n) is 3.22. The van der Waals surface area contributed by atoms with Gasteiger partial charge in [-0.3, -0.25) is 9.36 Å². The van der Waals surface area contributed by atoms with Gasteiger partial charge in [-0.2, -0.15) is 0 Å². The zero-order valence-corrected chi connectivity index (χ0v) is 6.86. The normalized spacial score (nSPS) is 18.3. The Balaban J connectivity index is 2.09. The number of carbonyl (C=O) groups excluding carboxylic acids is 1. The van der Waals surface area contributed by atoms with Gasteiger partial charge in [-0.05, 0) is 12.8 Å². The molecule has 1 saturated carbocycles. The first-order valence-corrected chi connectivity index (χ1v) is 4.33. The van der Waals surface area contributed by atoms with E-state index in [4.69, 9.17) is 0 Å². The lowest BCUT2D eigenvalue weighted by Gasteiger charge is -2.06. The van der Waals surface area contributed by atoms with E-state index in [1.165, 1.54) is 17.4 Å². The molecular weight excluding hydrogens is 152 g/mol. The van der Waals surface area contributed by atoms with Crippen LogP contribution in [0.25, 0.3) is 0 Å². The van der Waals surface area contributed by atoms with E-state index in [-0.39, 0.29) is 11.8 Å². The summed E-state index contributed by atoms with van der Waals surface area (Å²) in [6.07, 6.45) is 10.3. The van der Waals surface area contributed by atoms with Gasteiger partial charge in [0.2, 0.25) is 5.91 Å². The summed E-state index contributed by atoms with van der Waals surface area (Å²) in [6.45, 7) is 0. The van der Waals surface area contributed by atoms with Crippen molar-refractivity contribution in [1.29, 1.82) is 0 Å². The maximum absolute atomic E-state index is 11.6. The zero-order chi connectivity index (χ0) is 8.39. The Morgan fingerprint density at radius 1 is 1.50 bits per heavy atom. The third-order valence-electron chi connectivity index (χ3n) is 2.40. The van der Waals surface area contributed by atoms with Crippen molar-refractivity contribution in [3.05, 3.63) is 18.7 Å². The Morgan fingerprint density at radius 3 is 2.83 bits per heavy atom. The number of carbonyl (C=O) groups is 1. The van der Waals surface area contributed by atoms with E-state index in [1.807, 2.05) is 0 Å². The molecular formula is C9H11N2O. The molecule has 0 atom stereocenters. The highest BCUT2D eigenvalue weighted by molar-refractivity contribution is 5.81. The van der Waals surface area contributed by atoms with Crippen molar-refractivity contribution in [1.82, 2.24) is 9.55 Å². The molecule has 3 nitrogen and oxygen atoms in total. The van der Waals surface area contributed by atoms with Crippen molar-refractivity contribution >= 4 is 5.91 Å². The predicted molar refractivity (Wildman–Crippen MR) is 43.6 cm³/mol. The van der Waals surface area contributed by atoms with E-state index < -0.39 is 0 Å². The van der Waals surface area contributed by atoms with Gasteiger partial charge in [-0.25, -0.2) is 4.98 Å². The lowest BCUT2D eigenvalue weighted by Crippen LogP contribution is -2.17. The highest BCUT2D eigenvalue weighted by Crippen LogP contribution is 2.25. The maximum Gasteiger partial charge on any atom is 0.235 e. The van der Waals surface area contributed by atoms with Gasteiger partial charge in [0.05, 0.1) is 0 Å². The molecule has 1 radical (unpaired) electrons. The molecule has 1 fully saturated rings. The zero-order valence-electron chi connectivity index (χ0n) is 6.86. The fraction of sp³-hybridized carbons (Fsp3) is 0.556. The Kier molecular flexibility index (Phi) is 1.94. The maximum atomic E-state index is 11.6. The van der Waals surface area contributed by atoms with Crippen LogP contribution in [0.4, 0.5) is 0 Å². The van der Waals surface area contributed by atoms with Gasteiger partial charge in [0.1, 0.15) is 0 Å². The average Bonchev–Trinajstić information content (AvgIpc) is 2.77. The monoisotopic (exact) mass is 163 g/mol. The van der Waals surface area contributed by atoms with E-state index in [9.17, 15) is 4.79 Å². The summed E-state index contributed by atoms with van der Waals surface area (Å²) < 4.78 is 1.47. The lowest BCUT2D eigenvalue weighted by molar-refractivity contribution is 0.0836. The van der Waals surface area contributed by atoms with Gasteiger partial charge >= 0.3 is 0 Å². The topological polar surface area (TPSA) is 34.9 Å². The number of rotatable bonds is 1. The van der Waals surface area contributed by atoms with Crippen molar-refractivity contribution in [2.24, 2.45) is 5.92 Å². The van der Waals surface area contributed by atoms with Crippen LogP contribution in [0, 0.1) is 12.2 Å². The van der Waals surface area contributed by atoms with Crippen LogP contribution in [-0.4, -0.2) is 15.5 Å². The lowest BCUT2D eigenvalue weighted by atomic mass is 10.1. The molecule has 0 aliphatic heterocycles. The van der Waals surface area contributed by atoms with Gasteiger partial charge in [0.25, 0.3) is 0 Å². The summed E-state index contributed by atoms with van der Waals surface area (Å²) in [6, 6.07) is 0. The second-order valence-corrected chi connectivity index (χ2v) is 3.22. The SMILES string of the molecule is O=C(C1CCCC1)n1[c]ncc1. The molecule has 1 heterocycles. The Labute approximate surface area is 71.4 Å². The summed E-state index contributed by atoms with van der Waals surface area (Å²) in [5.41, 5.74) is 0. The number of hydrogen-bond donors (Lipinski definition) is 0. The van der Waals surface area contributed by atoms with E-state index >= 15 is 0 Å². The van der Waals surface area contributed by atoms with Crippen LogP contribution in [0.15, 0.2) is 12.4 Å². The quantitative estimate of drug-likeness (QED) is 0.629. The molecule has 1 aliphatic rings. The van der Waals surface area contributed by atoms with Crippen LogP contribution in [0.2, 0.25) is 0 Å². The fourth-order valence-electron chi connectivity index (χ4n) is 1.72. The van der Waals surface area contributed by atoms with Gasteiger partial charge in [-0.15, -0.1) is 0 Å². The second kappa shape index (κ2) is 3.09. The number of hydrogen-bond acceptors (Lipinski definition) is 2. The Hall–Kier alpha value is -1.12. The molecule has 1 aliphatic carbocycles. The van der Waals surface area contributed by atoms with E-state index in [0.29, 0.717) is 0 Å². The average molecular weight is 163 g/mol. The van der Waals surface area contributed by atoms with Crippen LogP contribution in [-0.2, 0) is 0 Å². The largest absolute Gasteiger partial charge is 0.274 e. The van der Waals surface area contributed by atoms with Crippen molar-refractivity contribution in [2.45, 2.75) is 25.7 Å². The summed E-state index contributed by atoms with van der Waals surface area (Å²) in [5.74, 6) is 0.375. The molecule has 0 bridgehead atoms. The third-order valence-corrected chi connectivity index (χ3v) is 2.40. The first-order valence-electron chi connectivity index (χ1n) is 4.33. The van der Waals surface area contributed by atoms with Crippen molar-refractivity contribution < 1.29 is 4.79 Å². The molecule has 0 saturated heterocycles. The van der Waals surface area contributed by atoms with Gasteiger partial charge in [-0.1, -0.05) is 12.8 Å². The molecule has 2 rings (SSSR count).